The number of piperidine rings is 1. The summed E-state index contributed by atoms with van der Waals surface area (Å²) in [6, 6.07) is 6.47. The summed E-state index contributed by atoms with van der Waals surface area (Å²) in [6.07, 6.45) is 5.75. The molecule has 1 aromatic rings. The highest BCUT2D eigenvalue weighted by Crippen LogP contribution is 2.15. The topological polar surface area (TPSA) is 34.1 Å². The van der Waals surface area contributed by atoms with Crippen molar-refractivity contribution >= 4 is 0 Å². The standard InChI is InChI=1S/C13H20N2O/c1-11(13-7-3-5-9-15-13)16-10-12-6-2-4-8-14-12/h3,5,7,9,11-12,14H,2,4,6,8,10H2,1H3/t11-,12-/m0/s1. The Morgan fingerprint density at radius 2 is 2.44 bits per heavy atom. The van der Waals surface area contributed by atoms with Crippen molar-refractivity contribution in [2.75, 3.05) is 13.2 Å². The second-order valence-electron chi connectivity index (χ2n) is 4.38. The van der Waals surface area contributed by atoms with Crippen molar-refractivity contribution in [1.29, 1.82) is 0 Å². The normalized spacial score (nSPS) is 22.9. The maximum absolute atomic E-state index is 5.84. The fourth-order valence-electron chi connectivity index (χ4n) is 2.03. The summed E-state index contributed by atoms with van der Waals surface area (Å²) in [6.45, 7) is 3.98. The molecule has 1 N–H and O–H groups in total. The summed E-state index contributed by atoms with van der Waals surface area (Å²) in [7, 11) is 0. The van der Waals surface area contributed by atoms with Crippen LogP contribution in [0.15, 0.2) is 24.4 Å². The highest BCUT2D eigenvalue weighted by atomic mass is 16.5. The summed E-state index contributed by atoms with van der Waals surface area (Å²) >= 11 is 0. The molecule has 1 aliphatic heterocycles. The van der Waals surface area contributed by atoms with E-state index in [0.29, 0.717) is 6.04 Å². The van der Waals surface area contributed by atoms with E-state index in [1.165, 1.54) is 19.3 Å². The first-order valence-corrected chi connectivity index (χ1v) is 6.12. The molecule has 3 nitrogen and oxygen atoms in total. The van der Waals surface area contributed by atoms with E-state index in [1.807, 2.05) is 24.4 Å². The molecular weight excluding hydrogens is 200 g/mol. The second-order valence-corrected chi connectivity index (χ2v) is 4.38. The number of nitrogens with one attached hydrogen (secondary N) is 1. The van der Waals surface area contributed by atoms with Gasteiger partial charge in [0.15, 0.2) is 0 Å². The molecule has 2 atom stereocenters. The third kappa shape index (κ3) is 3.29. The first kappa shape index (κ1) is 11.6. The molecule has 16 heavy (non-hydrogen) atoms. The summed E-state index contributed by atoms with van der Waals surface area (Å²) in [5.41, 5.74) is 1.01. The zero-order valence-corrected chi connectivity index (χ0v) is 9.86. The van der Waals surface area contributed by atoms with Gasteiger partial charge in [0.05, 0.1) is 18.4 Å². The lowest BCUT2D eigenvalue weighted by molar-refractivity contribution is 0.0416. The number of nitrogens with zero attached hydrogens (tertiary/aromatic N) is 1. The maximum Gasteiger partial charge on any atom is 0.0967 e. The minimum atomic E-state index is 0.0879. The molecule has 3 heteroatoms. The van der Waals surface area contributed by atoms with Crippen LogP contribution in [0.25, 0.3) is 0 Å². The van der Waals surface area contributed by atoms with Crippen molar-refractivity contribution in [1.82, 2.24) is 10.3 Å². The lowest BCUT2D eigenvalue weighted by Gasteiger charge is -2.24. The van der Waals surface area contributed by atoms with E-state index < -0.39 is 0 Å². The molecule has 0 spiro atoms. The first-order chi connectivity index (χ1) is 7.86. The monoisotopic (exact) mass is 220 g/mol. The molecule has 1 aromatic heterocycles. The van der Waals surface area contributed by atoms with Gasteiger partial charge in [0.1, 0.15) is 0 Å². The van der Waals surface area contributed by atoms with Crippen molar-refractivity contribution in [2.45, 2.75) is 38.3 Å². The highest BCUT2D eigenvalue weighted by Gasteiger charge is 2.14. The number of hydrogen-bond donors (Lipinski definition) is 1. The Hall–Kier alpha value is -0.930. The molecule has 1 saturated heterocycles. The predicted octanol–water partition coefficient (Wildman–Crippen LogP) is 2.30. The molecule has 0 aromatic carbocycles. The molecule has 2 heterocycles. The Balaban J connectivity index is 1.77. The van der Waals surface area contributed by atoms with Gasteiger partial charge in [0.2, 0.25) is 0 Å². The largest absolute Gasteiger partial charge is 0.371 e. The second kappa shape index (κ2) is 5.97. The third-order valence-electron chi connectivity index (χ3n) is 3.06. The lowest BCUT2D eigenvalue weighted by atomic mass is 10.1. The van der Waals surface area contributed by atoms with Crippen LogP contribution in [0.2, 0.25) is 0 Å². The van der Waals surface area contributed by atoms with Gasteiger partial charge in [-0.25, -0.2) is 0 Å². The SMILES string of the molecule is C[C@H](OC[C@@H]1CCCCN1)c1ccccn1. The molecule has 0 saturated carbocycles. The van der Waals surface area contributed by atoms with Gasteiger partial charge in [0, 0.05) is 12.2 Å². The summed E-state index contributed by atoms with van der Waals surface area (Å²) in [4.78, 5) is 4.30. The predicted molar refractivity (Wildman–Crippen MR) is 64.2 cm³/mol. The smallest absolute Gasteiger partial charge is 0.0967 e. The summed E-state index contributed by atoms with van der Waals surface area (Å²) < 4.78 is 5.84. The average molecular weight is 220 g/mol. The van der Waals surface area contributed by atoms with Gasteiger partial charge < -0.3 is 10.1 Å². The number of hydrogen-bond acceptors (Lipinski definition) is 3. The van der Waals surface area contributed by atoms with E-state index in [0.717, 1.165) is 18.8 Å². The quantitative estimate of drug-likeness (QED) is 0.845. The Bertz CT molecular complexity index is 296. The van der Waals surface area contributed by atoms with Crippen LogP contribution in [0.4, 0.5) is 0 Å². The van der Waals surface area contributed by atoms with Crippen LogP contribution in [0.5, 0.6) is 0 Å². The van der Waals surface area contributed by atoms with Gasteiger partial charge in [0.25, 0.3) is 0 Å². The molecule has 0 unspecified atom stereocenters. The fraction of sp³-hybridized carbons (Fsp3) is 0.615. The van der Waals surface area contributed by atoms with Crippen LogP contribution in [-0.2, 0) is 4.74 Å². The number of aromatic nitrogens is 1. The average Bonchev–Trinajstić information content (AvgIpc) is 2.38. The summed E-state index contributed by atoms with van der Waals surface area (Å²) in [5, 5.41) is 3.48. The van der Waals surface area contributed by atoms with Crippen LogP contribution >= 0.6 is 0 Å². The molecule has 0 amide bonds. The van der Waals surface area contributed by atoms with E-state index in [1.54, 1.807) is 0 Å². The van der Waals surface area contributed by atoms with Crippen molar-refractivity contribution in [3.63, 3.8) is 0 Å². The Morgan fingerprint density at radius 3 is 3.12 bits per heavy atom. The van der Waals surface area contributed by atoms with Crippen LogP contribution < -0.4 is 5.32 Å². The molecule has 1 fully saturated rings. The van der Waals surface area contributed by atoms with Crippen LogP contribution in [0.3, 0.4) is 0 Å². The van der Waals surface area contributed by atoms with Crippen LogP contribution in [0.1, 0.15) is 38.0 Å². The summed E-state index contributed by atoms with van der Waals surface area (Å²) in [5.74, 6) is 0. The highest BCUT2D eigenvalue weighted by molar-refractivity contribution is 5.05. The van der Waals surface area contributed by atoms with Gasteiger partial charge in [-0.15, -0.1) is 0 Å². The van der Waals surface area contributed by atoms with E-state index >= 15 is 0 Å². The lowest BCUT2D eigenvalue weighted by Crippen LogP contribution is -2.37. The molecule has 0 radical (unpaired) electrons. The zero-order valence-electron chi connectivity index (χ0n) is 9.86. The first-order valence-electron chi connectivity index (χ1n) is 6.12. The van der Waals surface area contributed by atoms with Gasteiger partial charge in [-0.1, -0.05) is 12.5 Å². The van der Waals surface area contributed by atoms with Gasteiger partial charge in [-0.05, 0) is 38.4 Å². The van der Waals surface area contributed by atoms with Crippen molar-refractivity contribution in [3.05, 3.63) is 30.1 Å². The molecule has 1 aliphatic rings. The molecule has 0 aliphatic carbocycles. The Kier molecular flexibility index (Phi) is 4.31. The molecule has 2 rings (SSSR count). The van der Waals surface area contributed by atoms with Gasteiger partial charge in [-0.3, -0.25) is 4.98 Å². The van der Waals surface area contributed by atoms with Gasteiger partial charge >= 0.3 is 0 Å². The van der Waals surface area contributed by atoms with Gasteiger partial charge in [-0.2, -0.15) is 0 Å². The number of rotatable bonds is 4. The fourth-order valence-corrected chi connectivity index (χ4v) is 2.03. The van der Waals surface area contributed by atoms with Crippen molar-refractivity contribution in [3.8, 4) is 0 Å². The van der Waals surface area contributed by atoms with Crippen molar-refractivity contribution in [2.24, 2.45) is 0 Å². The zero-order chi connectivity index (χ0) is 11.2. The Morgan fingerprint density at radius 1 is 1.50 bits per heavy atom. The van der Waals surface area contributed by atoms with Crippen LogP contribution in [-0.4, -0.2) is 24.2 Å². The molecular formula is C13H20N2O. The van der Waals surface area contributed by atoms with E-state index in [-0.39, 0.29) is 6.10 Å². The van der Waals surface area contributed by atoms with E-state index in [4.69, 9.17) is 4.74 Å². The van der Waals surface area contributed by atoms with E-state index in [9.17, 15) is 0 Å². The Labute approximate surface area is 97.2 Å². The maximum atomic E-state index is 5.84. The van der Waals surface area contributed by atoms with Crippen LogP contribution in [0, 0.1) is 0 Å². The molecule has 0 bridgehead atoms. The third-order valence-corrected chi connectivity index (χ3v) is 3.06. The minimum absolute atomic E-state index is 0.0879. The number of ether oxygens (including phenoxy) is 1. The van der Waals surface area contributed by atoms with E-state index in [2.05, 4.69) is 17.2 Å². The number of pyridine rings is 1. The van der Waals surface area contributed by atoms with Crippen molar-refractivity contribution < 1.29 is 4.74 Å². The minimum Gasteiger partial charge on any atom is -0.371 e. The molecule has 88 valence electrons.